The average molecular weight is 332 g/mol. The molecule has 0 spiro atoms. The van der Waals surface area contributed by atoms with E-state index in [0.29, 0.717) is 12.4 Å². The molecule has 0 fully saturated rings. The molecule has 0 saturated heterocycles. The number of pyridine rings is 1. The second-order valence-electron chi connectivity index (χ2n) is 3.04. The lowest BCUT2D eigenvalue weighted by atomic mass is 10.5. The highest BCUT2D eigenvalue weighted by molar-refractivity contribution is 9.10. The molecular formula is C10H8BrClN4O2. The molecule has 0 aliphatic carbocycles. The zero-order valence-corrected chi connectivity index (χ0v) is 11.6. The molecule has 0 unspecified atom stereocenters. The number of nitrogens with zero attached hydrogens (tertiary/aromatic N) is 4. The van der Waals surface area contributed by atoms with Gasteiger partial charge in [-0.3, -0.25) is 4.98 Å². The minimum atomic E-state index is 0.00593. The highest BCUT2D eigenvalue weighted by atomic mass is 79.9. The van der Waals surface area contributed by atoms with Gasteiger partial charge in [-0.25, -0.2) is 0 Å². The first-order valence-corrected chi connectivity index (χ1v) is 6.17. The van der Waals surface area contributed by atoms with E-state index in [1.165, 1.54) is 6.20 Å². The zero-order valence-electron chi connectivity index (χ0n) is 9.30. The lowest BCUT2D eigenvalue weighted by Gasteiger charge is -2.05. The molecule has 0 aliphatic heterocycles. The van der Waals surface area contributed by atoms with E-state index in [2.05, 4.69) is 35.9 Å². The minimum Gasteiger partial charge on any atom is -0.464 e. The summed E-state index contributed by atoms with van der Waals surface area (Å²) in [5, 5.41) is 0.00593. The van der Waals surface area contributed by atoms with Crippen LogP contribution in [0.3, 0.4) is 0 Å². The van der Waals surface area contributed by atoms with Gasteiger partial charge in [-0.1, -0.05) is 0 Å². The van der Waals surface area contributed by atoms with Crippen molar-refractivity contribution in [1.29, 1.82) is 0 Å². The summed E-state index contributed by atoms with van der Waals surface area (Å²) in [6.07, 6.45) is 3.17. The molecule has 0 radical (unpaired) electrons. The Labute approximate surface area is 116 Å². The van der Waals surface area contributed by atoms with Crippen molar-refractivity contribution < 1.29 is 9.47 Å². The summed E-state index contributed by atoms with van der Waals surface area (Å²) in [5.74, 6) is 0.481. The zero-order chi connectivity index (χ0) is 13.0. The Morgan fingerprint density at radius 2 is 2.00 bits per heavy atom. The summed E-state index contributed by atoms with van der Waals surface area (Å²) in [6.45, 7) is 2.24. The number of aromatic nitrogens is 4. The fourth-order valence-corrected chi connectivity index (χ4v) is 1.60. The van der Waals surface area contributed by atoms with Gasteiger partial charge >= 0.3 is 12.0 Å². The smallest absolute Gasteiger partial charge is 0.329 e. The quantitative estimate of drug-likeness (QED) is 0.858. The van der Waals surface area contributed by atoms with Crippen molar-refractivity contribution in [1.82, 2.24) is 19.9 Å². The number of hydrogen-bond acceptors (Lipinski definition) is 6. The van der Waals surface area contributed by atoms with Crippen LogP contribution in [0.25, 0.3) is 0 Å². The largest absolute Gasteiger partial charge is 0.464 e. The standard InChI is InChI=1S/C10H8BrClN4O2/c1-2-17-9-14-8(12)15-10(16-9)18-7-3-6(11)4-13-5-7/h3-5H,2H2,1H3. The van der Waals surface area contributed by atoms with Gasteiger partial charge in [0.2, 0.25) is 5.28 Å². The Morgan fingerprint density at radius 1 is 1.22 bits per heavy atom. The van der Waals surface area contributed by atoms with Gasteiger partial charge in [0.25, 0.3) is 0 Å². The second-order valence-corrected chi connectivity index (χ2v) is 4.30. The van der Waals surface area contributed by atoms with Gasteiger partial charge in [0.15, 0.2) is 5.75 Å². The molecule has 0 bridgehead atoms. The van der Waals surface area contributed by atoms with Crippen molar-refractivity contribution in [3.8, 4) is 17.8 Å². The second kappa shape index (κ2) is 5.92. The summed E-state index contributed by atoms with van der Waals surface area (Å²) in [5.41, 5.74) is 0. The van der Waals surface area contributed by atoms with Crippen molar-refractivity contribution in [2.75, 3.05) is 6.61 Å². The maximum absolute atomic E-state index is 5.74. The molecule has 2 aromatic rings. The molecule has 2 rings (SSSR count). The van der Waals surface area contributed by atoms with Crippen molar-refractivity contribution in [2.45, 2.75) is 6.92 Å². The van der Waals surface area contributed by atoms with Crippen molar-refractivity contribution in [3.05, 3.63) is 28.2 Å². The van der Waals surface area contributed by atoms with Crippen LogP contribution in [0.15, 0.2) is 22.9 Å². The third kappa shape index (κ3) is 3.51. The fraction of sp³-hybridized carbons (Fsp3) is 0.200. The highest BCUT2D eigenvalue weighted by Gasteiger charge is 2.08. The van der Waals surface area contributed by atoms with Gasteiger partial charge in [-0.2, -0.15) is 9.97 Å². The fourth-order valence-electron chi connectivity index (χ4n) is 1.11. The van der Waals surface area contributed by atoms with E-state index in [4.69, 9.17) is 21.1 Å². The molecule has 6 nitrogen and oxygen atoms in total. The van der Waals surface area contributed by atoms with Crippen LogP contribution in [0, 0.1) is 0 Å². The SMILES string of the molecule is CCOc1nc(Cl)nc(Oc2cncc(Br)c2)n1. The van der Waals surface area contributed by atoms with E-state index >= 15 is 0 Å². The lowest BCUT2D eigenvalue weighted by Crippen LogP contribution is -2.01. The van der Waals surface area contributed by atoms with E-state index in [1.807, 2.05) is 6.92 Å². The number of rotatable bonds is 4. The predicted molar refractivity (Wildman–Crippen MR) is 68.0 cm³/mol. The summed E-state index contributed by atoms with van der Waals surface area (Å²) in [4.78, 5) is 15.5. The molecule has 94 valence electrons. The van der Waals surface area contributed by atoms with Crippen LogP contribution in [0.1, 0.15) is 6.92 Å². The predicted octanol–water partition coefficient (Wildman–Crippen LogP) is 2.87. The van der Waals surface area contributed by atoms with E-state index < -0.39 is 0 Å². The van der Waals surface area contributed by atoms with Crippen molar-refractivity contribution in [2.24, 2.45) is 0 Å². The molecule has 0 aromatic carbocycles. The van der Waals surface area contributed by atoms with Crippen LogP contribution < -0.4 is 9.47 Å². The van der Waals surface area contributed by atoms with Crippen LogP contribution in [0.2, 0.25) is 5.28 Å². The summed E-state index contributed by atoms with van der Waals surface area (Å²) in [7, 11) is 0. The Morgan fingerprint density at radius 3 is 2.72 bits per heavy atom. The maximum atomic E-state index is 5.74. The van der Waals surface area contributed by atoms with Crippen LogP contribution in [-0.4, -0.2) is 26.5 Å². The molecular weight excluding hydrogens is 323 g/mol. The normalized spacial score (nSPS) is 10.2. The number of hydrogen-bond donors (Lipinski definition) is 0. The lowest BCUT2D eigenvalue weighted by molar-refractivity contribution is 0.303. The molecule has 18 heavy (non-hydrogen) atoms. The molecule has 2 aromatic heterocycles. The minimum absolute atomic E-state index is 0.00593. The molecule has 0 amide bonds. The first kappa shape index (κ1) is 13.0. The van der Waals surface area contributed by atoms with Gasteiger partial charge < -0.3 is 9.47 Å². The maximum Gasteiger partial charge on any atom is 0.329 e. The Bertz CT molecular complexity index is 555. The van der Waals surface area contributed by atoms with Crippen LogP contribution in [-0.2, 0) is 0 Å². The van der Waals surface area contributed by atoms with E-state index in [1.54, 1.807) is 12.3 Å². The van der Waals surface area contributed by atoms with Gasteiger partial charge in [-0.15, -0.1) is 4.98 Å². The first-order chi connectivity index (χ1) is 8.67. The van der Waals surface area contributed by atoms with E-state index in [0.717, 1.165) is 4.47 Å². The Balaban J connectivity index is 2.23. The molecule has 0 aliphatic rings. The molecule has 0 N–H and O–H groups in total. The topological polar surface area (TPSA) is 70.0 Å². The van der Waals surface area contributed by atoms with Gasteiger partial charge in [0.05, 0.1) is 12.8 Å². The van der Waals surface area contributed by atoms with Crippen LogP contribution >= 0.6 is 27.5 Å². The van der Waals surface area contributed by atoms with Crippen molar-refractivity contribution in [3.63, 3.8) is 0 Å². The summed E-state index contributed by atoms with van der Waals surface area (Å²) < 4.78 is 11.3. The molecule has 0 saturated carbocycles. The Kier molecular flexibility index (Phi) is 4.27. The highest BCUT2D eigenvalue weighted by Crippen LogP contribution is 2.22. The van der Waals surface area contributed by atoms with E-state index in [-0.39, 0.29) is 17.3 Å². The third-order valence-electron chi connectivity index (χ3n) is 1.73. The summed E-state index contributed by atoms with van der Waals surface area (Å²) in [6, 6.07) is 1.90. The van der Waals surface area contributed by atoms with Crippen LogP contribution in [0.4, 0.5) is 0 Å². The molecule has 2 heterocycles. The van der Waals surface area contributed by atoms with Gasteiger partial charge in [-0.05, 0) is 40.5 Å². The molecule has 8 heteroatoms. The van der Waals surface area contributed by atoms with Crippen molar-refractivity contribution >= 4 is 27.5 Å². The van der Waals surface area contributed by atoms with E-state index in [9.17, 15) is 0 Å². The monoisotopic (exact) mass is 330 g/mol. The average Bonchev–Trinajstić information content (AvgIpc) is 2.28. The van der Waals surface area contributed by atoms with Gasteiger partial charge in [0, 0.05) is 10.7 Å². The van der Waals surface area contributed by atoms with Gasteiger partial charge in [0.1, 0.15) is 0 Å². The number of halogens is 2. The number of ether oxygens (including phenoxy) is 2. The molecule has 0 atom stereocenters. The van der Waals surface area contributed by atoms with Crippen LogP contribution in [0.5, 0.6) is 17.8 Å². The Hall–Kier alpha value is -1.47. The first-order valence-electron chi connectivity index (χ1n) is 5.00. The summed E-state index contributed by atoms with van der Waals surface area (Å²) >= 11 is 9.02. The third-order valence-corrected chi connectivity index (χ3v) is 2.33.